The Kier molecular flexibility index (Phi) is 9.99. The van der Waals surface area contributed by atoms with Crippen molar-refractivity contribution < 1.29 is 23.5 Å². The first kappa shape index (κ1) is 28.4. The van der Waals surface area contributed by atoms with Crippen LogP contribution in [0.5, 0.6) is 0 Å². The van der Waals surface area contributed by atoms with Crippen molar-refractivity contribution in [3.05, 3.63) is 78.6 Å². The van der Waals surface area contributed by atoms with E-state index in [4.69, 9.17) is 4.74 Å². The van der Waals surface area contributed by atoms with E-state index in [1.54, 1.807) is 26.8 Å². The summed E-state index contributed by atoms with van der Waals surface area (Å²) in [5.74, 6) is -0.712. The predicted octanol–water partition coefficient (Wildman–Crippen LogP) is 7.37. The van der Waals surface area contributed by atoms with Gasteiger partial charge >= 0.3 is 6.09 Å². The minimum atomic E-state index is -0.659. The molecular weight excluding hydrogens is 485 g/mol. The Morgan fingerprint density at radius 2 is 1.34 bits per heavy atom. The van der Waals surface area contributed by atoms with Crippen molar-refractivity contribution >= 4 is 35.0 Å². The summed E-state index contributed by atoms with van der Waals surface area (Å²) in [6.07, 6.45) is 1.87. The molecule has 3 aromatic rings. The molecule has 0 unspecified atom stereocenters. The molecule has 0 aliphatic heterocycles. The molecule has 3 N–H and O–H groups in total. The maximum Gasteiger partial charge on any atom is 0.412 e. The van der Waals surface area contributed by atoms with Gasteiger partial charge in [0.2, 0.25) is 11.8 Å². The van der Waals surface area contributed by atoms with Gasteiger partial charge in [0, 0.05) is 18.5 Å². The van der Waals surface area contributed by atoms with Crippen molar-refractivity contribution in [2.75, 3.05) is 16.0 Å². The van der Waals surface area contributed by atoms with Gasteiger partial charge in [-0.1, -0.05) is 42.8 Å². The summed E-state index contributed by atoms with van der Waals surface area (Å²) in [7, 11) is 0. The number of amides is 3. The van der Waals surface area contributed by atoms with E-state index in [1.807, 2.05) is 42.5 Å². The van der Waals surface area contributed by atoms with Gasteiger partial charge in [-0.05, 0) is 81.1 Å². The smallest absolute Gasteiger partial charge is 0.412 e. The minimum Gasteiger partial charge on any atom is -0.444 e. The first-order valence-electron chi connectivity index (χ1n) is 12.6. The third kappa shape index (κ3) is 9.69. The zero-order valence-corrected chi connectivity index (χ0v) is 22.0. The number of ether oxygens (including phenoxy) is 1. The molecule has 0 radical (unpaired) electrons. The van der Waals surface area contributed by atoms with Crippen molar-refractivity contribution in [2.24, 2.45) is 0 Å². The van der Waals surface area contributed by atoms with Gasteiger partial charge in [0.05, 0.1) is 11.4 Å². The van der Waals surface area contributed by atoms with Crippen molar-refractivity contribution in [1.82, 2.24) is 0 Å². The number of benzene rings is 3. The largest absolute Gasteiger partial charge is 0.444 e. The molecule has 38 heavy (non-hydrogen) atoms. The summed E-state index contributed by atoms with van der Waals surface area (Å²) >= 11 is 0. The second kappa shape index (κ2) is 13.4. The number of nitrogens with one attached hydrogen (secondary N) is 3. The molecule has 0 saturated carbocycles. The number of halogens is 1. The third-order valence-corrected chi connectivity index (χ3v) is 5.47. The number of rotatable bonds is 10. The molecule has 0 aliphatic carbocycles. The lowest BCUT2D eigenvalue weighted by Crippen LogP contribution is -2.27. The first-order chi connectivity index (χ1) is 18.1. The molecule has 0 fully saturated rings. The van der Waals surface area contributed by atoms with Gasteiger partial charge < -0.3 is 15.4 Å². The van der Waals surface area contributed by atoms with Crippen molar-refractivity contribution in [2.45, 2.75) is 58.5 Å². The second-order valence-electron chi connectivity index (χ2n) is 9.92. The van der Waals surface area contributed by atoms with Crippen molar-refractivity contribution in [3.8, 4) is 11.1 Å². The molecule has 0 heterocycles. The molecule has 200 valence electrons. The van der Waals surface area contributed by atoms with E-state index in [9.17, 15) is 18.8 Å². The van der Waals surface area contributed by atoms with E-state index in [0.29, 0.717) is 42.7 Å². The highest BCUT2D eigenvalue weighted by Gasteiger charge is 2.18. The molecule has 3 aromatic carbocycles. The fourth-order valence-electron chi connectivity index (χ4n) is 3.70. The van der Waals surface area contributed by atoms with Crippen LogP contribution in [0.1, 0.15) is 52.9 Å². The normalized spacial score (nSPS) is 10.9. The van der Waals surface area contributed by atoms with Crippen LogP contribution >= 0.6 is 0 Å². The highest BCUT2D eigenvalue weighted by atomic mass is 19.1. The average Bonchev–Trinajstić information content (AvgIpc) is 2.85. The van der Waals surface area contributed by atoms with E-state index in [2.05, 4.69) is 16.0 Å². The Bertz CT molecular complexity index is 1240. The third-order valence-electron chi connectivity index (χ3n) is 5.47. The molecule has 0 spiro atoms. The maximum atomic E-state index is 13.0. The van der Waals surface area contributed by atoms with Gasteiger partial charge in [-0.25, -0.2) is 9.18 Å². The molecule has 3 rings (SSSR count). The number of unbranched alkanes of at least 4 members (excludes halogenated alkanes) is 2. The first-order valence-corrected chi connectivity index (χ1v) is 12.6. The lowest BCUT2D eigenvalue weighted by molar-refractivity contribution is -0.116. The number of carbonyl (C=O) groups excluding carboxylic acids is 3. The predicted molar refractivity (Wildman–Crippen MR) is 148 cm³/mol. The van der Waals surface area contributed by atoms with Crippen molar-refractivity contribution in [3.63, 3.8) is 0 Å². The quantitative estimate of drug-likeness (QED) is 0.244. The fraction of sp³-hybridized carbons (Fsp3) is 0.300. The van der Waals surface area contributed by atoms with Crippen LogP contribution in [0, 0.1) is 5.82 Å². The van der Waals surface area contributed by atoms with E-state index < -0.39 is 11.7 Å². The summed E-state index contributed by atoms with van der Waals surface area (Å²) in [6, 6.07) is 20.7. The average molecular weight is 520 g/mol. The van der Waals surface area contributed by atoms with Crippen molar-refractivity contribution in [1.29, 1.82) is 0 Å². The Labute approximate surface area is 222 Å². The number of hydrogen-bond donors (Lipinski definition) is 3. The van der Waals surface area contributed by atoms with Gasteiger partial charge in [0.1, 0.15) is 11.4 Å². The topological polar surface area (TPSA) is 96.5 Å². The molecule has 8 heteroatoms. The Balaban J connectivity index is 1.54. The summed E-state index contributed by atoms with van der Waals surface area (Å²) < 4.78 is 18.3. The number of anilines is 3. The fourth-order valence-corrected chi connectivity index (χ4v) is 3.70. The maximum absolute atomic E-state index is 13.0. The van der Waals surface area contributed by atoms with E-state index in [1.165, 1.54) is 24.3 Å². The lowest BCUT2D eigenvalue weighted by Gasteiger charge is -2.21. The monoisotopic (exact) mass is 519 g/mol. The van der Waals surface area contributed by atoms with Crippen LogP contribution in [0.4, 0.5) is 26.2 Å². The Morgan fingerprint density at radius 1 is 0.711 bits per heavy atom. The van der Waals surface area contributed by atoms with Crippen LogP contribution in [0.3, 0.4) is 0 Å². The zero-order chi connectivity index (χ0) is 27.5. The summed E-state index contributed by atoms with van der Waals surface area (Å²) in [5.41, 5.74) is 2.66. The number of hydrogen-bond acceptors (Lipinski definition) is 4. The second-order valence-corrected chi connectivity index (χ2v) is 9.92. The molecule has 3 amide bonds. The molecule has 0 aromatic heterocycles. The Hall–Kier alpha value is -4.20. The SMILES string of the molecule is CC(C)(C)OC(=O)Nc1ccc(-c2ccccc2)cc1NC(=O)CCCCCC(=O)Nc1ccc(F)cc1. The van der Waals surface area contributed by atoms with Crippen LogP contribution in [0.2, 0.25) is 0 Å². The van der Waals surface area contributed by atoms with Crippen LogP contribution in [-0.2, 0) is 14.3 Å². The number of carbonyl (C=O) groups is 3. The van der Waals surface area contributed by atoms with Gasteiger partial charge in [0.25, 0.3) is 0 Å². The molecule has 0 atom stereocenters. The van der Waals surface area contributed by atoms with Crippen LogP contribution in [-0.4, -0.2) is 23.5 Å². The molecule has 0 aliphatic rings. The van der Waals surface area contributed by atoms with Gasteiger partial charge in [-0.2, -0.15) is 0 Å². The zero-order valence-electron chi connectivity index (χ0n) is 22.0. The van der Waals surface area contributed by atoms with Gasteiger partial charge in [-0.3, -0.25) is 14.9 Å². The lowest BCUT2D eigenvalue weighted by atomic mass is 10.0. The Morgan fingerprint density at radius 3 is 1.97 bits per heavy atom. The molecule has 0 saturated heterocycles. The van der Waals surface area contributed by atoms with Gasteiger partial charge in [0.15, 0.2) is 0 Å². The highest BCUT2D eigenvalue weighted by molar-refractivity contribution is 5.99. The van der Waals surface area contributed by atoms with E-state index in [-0.39, 0.29) is 24.1 Å². The summed E-state index contributed by atoms with van der Waals surface area (Å²) in [4.78, 5) is 37.2. The standard InChI is InChI=1S/C30H34FN3O4/c1-30(2,3)38-29(37)34-25-19-14-22(21-10-6-4-7-11-21)20-26(25)33-28(36)13-9-5-8-12-27(35)32-24-17-15-23(31)16-18-24/h4,6-7,10-11,14-20H,5,8-9,12-13H2,1-3H3,(H,32,35)(H,33,36)(H,34,37). The molecule has 7 nitrogen and oxygen atoms in total. The van der Waals surface area contributed by atoms with E-state index >= 15 is 0 Å². The summed E-state index contributed by atoms with van der Waals surface area (Å²) in [5, 5.41) is 8.35. The van der Waals surface area contributed by atoms with E-state index in [0.717, 1.165) is 11.1 Å². The summed E-state index contributed by atoms with van der Waals surface area (Å²) in [6.45, 7) is 5.33. The van der Waals surface area contributed by atoms with Crippen LogP contribution in [0.25, 0.3) is 11.1 Å². The molecule has 0 bridgehead atoms. The van der Waals surface area contributed by atoms with Crippen LogP contribution in [0.15, 0.2) is 72.8 Å². The highest BCUT2D eigenvalue weighted by Crippen LogP contribution is 2.30. The minimum absolute atomic E-state index is 0.156. The van der Waals surface area contributed by atoms with Gasteiger partial charge in [-0.15, -0.1) is 0 Å². The molecular formula is C30H34FN3O4. The van der Waals surface area contributed by atoms with Crippen LogP contribution < -0.4 is 16.0 Å².